The molecule has 0 atom stereocenters. The molecule has 0 spiro atoms. The average molecular weight is 207 g/mol. The number of hydrogen-bond acceptors (Lipinski definition) is 2. The van der Waals surface area contributed by atoms with Crippen LogP contribution < -0.4 is 0 Å². The van der Waals surface area contributed by atoms with E-state index in [0.29, 0.717) is 0 Å². The van der Waals surface area contributed by atoms with Gasteiger partial charge in [0.25, 0.3) is 0 Å². The number of aromatic nitrogens is 2. The van der Waals surface area contributed by atoms with Crippen LogP contribution in [-0.4, -0.2) is 9.97 Å². The summed E-state index contributed by atoms with van der Waals surface area (Å²) in [4.78, 5) is 7.63. The monoisotopic (exact) mass is 206 g/mol. The van der Waals surface area contributed by atoms with E-state index in [0.717, 1.165) is 10.2 Å². The van der Waals surface area contributed by atoms with Crippen molar-refractivity contribution in [2.75, 3.05) is 0 Å². The number of rotatable bonds is 0. The zero-order valence-corrected chi connectivity index (χ0v) is 7.07. The second-order valence-electron chi connectivity index (χ2n) is 1.57. The molecule has 4 heteroatoms. The molecule has 1 aromatic rings. The molecule has 48 valence electrons. The standard InChI is InChI=1S/C5H4BrClN2/c1-3-4(6)2-8-5(7)9-3/h2H,1H3. The van der Waals surface area contributed by atoms with E-state index < -0.39 is 0 Å². The lowest BCUT2D eigenvalue weighted by Crippen LogP contribution is -1.85. The summed E-state index contributed by atoms with van der Waals surface area (Å²) < 4.78 is 0.881. The second-order valence-corrected chi connectivity index (χ2v) is 2.76. The molecule has 1 aromatic heterocycles. The van der Waals surface area contributed by atoms with Crippen LogP contribution in [0.1, 0.15) is 5.69 Å². The van der Waals surface area contributed by atoms with Crippen LogP contribution in [0.3, 0.4) is 0 Å². The van der Waals surface area contributed by atoms with Crippen molar-refractivity contribution < 1.29 is 0 Å². The lowest BCUT2D eigenvalue weighted by Gasteiger charge is -1.93. The third-order valence-electron chi connectivity index (χ3n) is 0.890. The maximum absolute atomic E-state index is 5.47. The minimum absolute atomic E-state index is 0.288. The molecule has 0 aromatic carbocycles. The molecule has 2 nitrogen and oxygen atoms in total. The van der Waals surface area contributed by atoms with Gasteiger partial charge in [-0.3, -0.25) is 0 Å². The largest absolute Gasteiger partial charge is 0.225 e. The smallest absolute Gasteiger partial charge is 0.222 e. The molecule has 1 heterocycles. The van der Waals surface area contributed by atoms with Crippen LogP contribution in [0.2, 0.25) is 5.28 Å². The van der Waals surface area contributed by atoms with Gasteiger partial charge in [-0.15, -0.1) is 0 Å². The minimum atomic E-state index is 0.288. The van der Waals surface area contributed by atoms with Gasteiger partial charge < -0.3 is 0 Å². The van der Waals surface area contributed by atoms with Gasteiger partial charge in [0.2, 0.25) is 5.28 Å². The van der Waals surface area contributed by atoms with E-state index in [9.17, 15) is 0 Å². The average Bonchev–Trinajstić information content (AvgIpc) is 1.80. The molecule has 9 heavy (non-hydrogen) atoms. The normalized spacial score (nSPS) is 9.67. The fourth-order valence-corrected chi connectivity index (χ4v) is 0.791. The second kappa shape index (κ2) is 2.62. The molecule has 0 unspecified atom stereocenters. The highest BCUT2D eigenvalue weighted by Gasteiger charge is 1.95. The van der Waals surface area contributed by atoms with Crippen LogP contribution >= 0.6 is 27.5 Å². The summed E-state index contributed by atoms with van der Waals surface area (Å²) in [5.74, 6) is 0. The maximum atomic E-state index is 5.47. The Bertz CT molecular complexity index is 226. The zero-order valence-electron chi connectivity index (χ0n) is 4.73. The molecule has 0 saturated heterocycles. The van der Waals surface area contributed by atoms with Crippen LogP contribution in [-0.2, 0) is 0 Å². The van der Waals surface area contributed by atoms with Crippen molar-refractivity contribution >= 4 is 27.5 Å². The van der Waals surface area contributed by atoms with Crippen LogP contribution in [0.5, 0.6) is 0 Å². The van der Waals surface area contributed by atoms with E-state index in [2.05, 4.69) is 25.9 Å². The SMILES string of the molecule is Cc1nc(Cl)ncc1Br. The molecule has 0 radical (unpaired) electrons. The number of hydrogen-bond donors (Lipinski definition) is 0. The van der Waals surface area contributed by atoms with Crippen LogP contribution in [0.25, 0.3) is 0 Å². The highest BCUT2D eigenvalue weighted by molar-refractivity contribution is 9.10. The first-order valence-electron chi connectivity index (χ1n) is 2.35. The van der Waals surface area contributed by atoms with Crippen LogP contribution in [0.4, 0.5) is 0 Å². The van der Waals surface area contributed by atoms with Gasteiger partial charge in [-0.1, -0.05) is 0 Å². The third kappa shape index (κ3) is 1.63. The Labute approximate surface area is 66.4 Å². The summed E-state index contributed by atoms with van der Waals surface area (Å²) in [5.41, 5.74) is 0.856. The number of nitrogens with zero attached hydrogens (tertiary/aromatic N) is 2. The van der Waals surface area contributed by atoms with Crippen molar-refractivity contribution in [3.05, 3.63) is 21.6 Å². The van der Waals surface area contributed by atoms with Crippen molar-refractivity contribution in [2.24, 2.45) is 0 Å². The Morgan fingerprint density at radius 2 is 2.33 bits per heavy atom. The van der Waals surface area contributed by atoms with Crippen LogP contribution in [0.15, 0.2) is 10.7 Å². The van der Waals surface area contributed by atoms with Gasteiger partial charge in [0.1, 0.15) is 0 Å². The van der Waals surface area contributed by atoms with Gasteiger partial charge >= 0.3 is 0 Å². The summed E-state index contributed by atoms with van der Waals surface area (Å²) in [7, 11) is 0. The Balaban J connectivity index is 3.17. The van der Waals surface area contributed by atoms with Gasteiger partial charge in [0.15, 0.2) is 0 Å². The van der Waals surface area contributed by atoms with Crippen molar-refractivity contribution in [2.45, 2.75) is 6.92 Å². The minimum Gasteiger partial charge on any atom is -0.225 e. The molecule has 0 aliphatic rings. The molecule has 0 aliphatic carbocycles. The molecule has 1 rings (SSSR count). The molecule has 0 N–H and O–H groups in total. The number of aryl methyl sites for hydroxylation is 1. The van der Waals surface area contributed by atoms with Gasteiger partial charge in [0.05, 0.1) is 10.2 Å². The van der Waals surface area contributed by atoms with E-state index in [1.807, 2.05) is 6.92 Å². The lowest BCUT2D eigenvalue weighted by molar-refractivity contribution is 1.08. The Morgan fingerprint density at radius 1 is 1.67 bits per heavy atom. The molecule has 0 amide bonds. The fourth-order valence-electron chi connectivity index (χ4n) is 0.424. The maximum Gasteiger partial charge on any atom is 0.222 e. The predicted octanol–water partition coefficient (Wildman–Crippen LogP) is 2.20. The van der Waals surface area contributed by atoms with E-state index >= 15 is 0 Å². The quantitative estimate of drug-likeness (QED) is 0.610. The summed E-state index contributed by atoms with van der Waals surface area (Å²) in [6, 6.07) is 0. The van der Waals surface area contributed by atoms with Gasteiger partial charge in [-0.05, 0) is 34.5 Å². The highest BCUT2D eigenvalue weighted by Crippen LogP contribution is 2.12. The van der Waals surface area contributed by atoms with Crippen molar-refractivity contribution in [3.63, 3.8) is 0 Å². The molecule has 0 aliphatic heterocycles. The van der Waals surface area contributed by atoms with Crippen molar-refractivity contribution in [1.82, 2.24) is 9.97 Å². The van der Waals surface area contributed by atoms with Crippen LogP contribution in [0, 0.1) is 6.92 Å². The fraction of sp³-hybridized carbons (Fsp3) is 0.200. The molecular weight excluding hydrogens is 203 g/mol. The highest BCUT2D eigenvalue weighted by atomic mass is 79.9. The predicted molar refractivity (Wildman–Crippen MR) is 39.5 cm³/mol. The van der Waals surface area contributed by atoms with Gasteiger partial charge in [-0.25, -0.2) is 9.97 Å². The Morgan fingerprint density at radius 3 is 2.78 bits per heavy atom. The van der Waals surface area contributed by atoms with Crippen molar-refractivity contribution in [3.8, 4) is 0 Å². The van der Waals surface area contributed by atoms with Gasteiger partial charge in [-0.2, -0.15) is 0 Å². The molecule has 0 fully saturated rings. The topological polar surface area (TPSA) is 25.8 Å². The summed E-state index contributed by atoms with van der Waals surface area (Å²) in [6.45, 7) is 1.86. The third-order valence-corrected chi connectivity index (χ3v) is 1.85. The van der Waals surface area contributed by atoms with E-state index in [1.165, 1.54) is 0 Å². The van der Waals surface area contributed by atoms with Gasteiger partial charge in [0, 0.05) is 6.20 Å². The summed E-state index contributed by atoms with van der Waals surface area (Å²) in [6.07, 6.45) is 1.63. The Hall–Kier alpha value is -0.150. The zero-order chi connectivity index (χ0) is 6.85. The number of halogens is 2. The summed E-state index contributed by atoms with van der Waals surface area (Å²) in [5, 5.41) is 0.288. The first kappa shape index (κ1) is 6.96. The Kier molecular flexibility index (Phi) is 2.03. The van der Waals surface area contributed by atoms with E-state index in [1.54, 1.807) is 6.20 Å². The molecular formula is C5H4BrClN2. The van der Waals surface area contributed by atoms with E-state index in [4.69, 9.17) is 11.6 Å². The molecule has 0 bridgehead atoms. The first-order chi connectivity index (χ1) is 4.20. The van der Waals surface area contributed by atoms with Crippen molar-refractivity contribution in [1.29, 1.82) is 0 Å². The summed E-state index contributed by atoms with van der Waals surface area (Å²) >= 11 is 8.72. The van der Waals surface area contributed by atoms with E-state index in [-0.39, 0.29) is 5.28 Å². The first-order valence-corrected chi connectivity index (χ1v) is 3.52. The lowest BCUT2D eigenvalue weighted by atomic mass is 10.5. The molecule has 0 saturated carbocycles.